The highest BCUT2D eigenvalue weighted by atomic mass is 35.5. The lowest BCUT2D eigenvalue weighted by molar-refractivity contribution is 0.00864. The van der Waals surface area contributed by atoms with Gasteiger partial charge in [-0.2, -0.15) is 0 Å². The molecule has 4 aromatic carbocycles. The normalized spacial score (nSPS) is 16.0. The van der Waals surface area contributed by atoms with E-state index in [1.54, 1.807) is 0 Å². The van der Waals surface area contributed by atoms with Gasteiger partial charge in [0.2, 0.25) is 0 Å². The van der Waals surface area contributed by atoms with Crippen molar-refractivity contribution in [3.63, 3.8) is 0 Å². The molecule has 0 aromatic heterocycles. The minimum absolute atomic E-state index is 0.411. The maximum Gasteiger partial charge on any atom is 0.126 e. The SMILES string of the molecule is ClCCCCOc1c2cccc1Cc1cccc3c1OCCOCCOCCOCCCCCOc1c(cccc1Cc1cccc(c1OCCCCCl)C3)C2. The van der Waals surface area contributed by atoms with Crippen molar-refractivity contribution in [2.75, 3.05) is 77.8 Å². The van der Waals surface area contributed by atoms with Gasteiger partial charge in [-0.1, -0.05) is 72.8 Å². The van der Waals surface area contributed by atoms with Crippen molar-refractivity contribution in [3.05, 3.63) is 117 Å². The van der Waals surface area contributed by atoms with Crippen LogP contribution in [0.25, 0.3) is 0 Å². The Morgan fingerprint density at radius 3 is 1.18 bits per heavy atom. The molecule has 0 saturated carbocycles. The number of rotatable bonds is 10. The van der Waals surface area contributed by atoms with Crippen LogP contribution >= 0.6 is 23.2 Å². The largest absolute Gasteiger partial charge is 0.493 e. The van der Waals surface area contributed by atoms with Gasteiger partial charge in [0.05, 0.1) is 52.9 Å². The molecule has 1 aliphatic heterocycles. The summed E-state index contributed by atoms with van der Waals surface area (Å²) in [4.78, 5) is 0. The van der Waals surface area contributed by atoms with E-state index in [4.69, 9.17) is 56.4 Å². The number of fused-ring (bicyclic) bond motifs is 2. The van der Waals surface area contributed by atoms with Gasteiger partial charge in [0.15, 0.2) is 0 Å². The standard InChI is InChI=1S/C47H58Cl2O7/c48-20-2-6-24-54-45-38-14-9-16-40(45)34-42-18-11-19-43-35-41-17-10-15-39(46(41)55-25-7-3-21-49)33-37-13-8-12-36(32-38)44(37)53-23-5-1-4-22-50-26-27-51-28-29-52-30-31-56-47(42)43/h8-19H,1-7,20-35H2. The molecule has 2 aliphatic rings. The Hall–Kier alpha value is -3.46. The molecule has 0 N–H and O–H groups in total. The summed E-state index contributed by atoms with van der Waals surface area (Å²) in [5, 5.41) is 0. The fourth-order valence-corrected chi connectivity index (χ4v) is 7.75. The van der Waals surface area contributed by atoms with Crippen molar-refractivity contribution in [2.45, 2.75) is 70.6 Å². The predicted molar refractivity (Wildman–Crippen MR) is 225 cm³/mol. The van der Waals surface area contributed by atoms with Gasteiger partial charge in [-0.15, -0.1) is 23.2 Å². The lowest BCUT2D eigenvalue weighted by Gasteiger charge is -2.23. The Morgan fingerprint density at radius 2 is 0.750 bits per heavy atom. The molecule has 10 bridgehead atoms. The van der Waals surface area contributed by atoms with E-state index in [2.05, 4.69) is 72.8 Å². The van der Waals surface area contributed by atoms with Crippen LogP contribution in [-0.2, 0) is 39.9 Å². The summed E-state index contributed by atoms with van der Waals surface area (Å²) < 4.78 is 44.5. The zero-order valence-electron chi connectivity index (χ0n) is 32.8. The third-order valence-corrected chi connectivity index (χ3v) is 10.7. The number of para-hydroxylation sites is 4. The molecule has 0 fully saturated rings. The monoisotopic (exact) mass is 804 g/mol. The highest BCUT2D eigenvalue weighted by molar-refractivity contribution is 6.18. The summed E-state index contributed by atoms with van der Waals surface area (Å²) >= 11 is 12.2. The average Bonchev–Trinajstić information content (AvgIpc) is 3.20. The fraction of sp³-hybridized carbons (Fsp3) is 0.489. The fourth-order valence-electron chi connectivity index (χ4n) is 7.37. The molecule has 4 aromatic rings. The van der Waals surface area contributed by atoms with Gasteiger partial charge >= 0.3 is 0 Å². The Kier molecular flexibility index (Phi) is 17.8. The number of unbranched alkanes of at least 4 members (excludes halogenated alkanes) is 2. The first-order chi connectivity index (χ1) is 27.7. The van der Waals surface area contributed by atoms with Crippen LogP contribution in [0.15, 0.2) is 72.8 Å². The van der Waals surface area contributed by atoms with Crippen LogP contribution in [0.5, 0.6) is 23.0 Å². The number of alkyl halides is 2. The molecule has 9 heteroatoms. The highest BCUT2D eigenvalue weighted by Gasteiger charge is 2.22. The summed E-state index contributed by atoms with van der Waals surface area (Å²) in [7, 11) is 0. The number of halogens is 2. The third kappa shape index (κ3) is 12.5. The van der Waals surface area contributed by atoms with Gasteiger partial charge in [0.1, 0.15) is 29.6 Å². The maximum atomic E-state index is 6.82. The second-order valence-corrected chi connectivity index (χ2v) is 15.2. The second-order valence-electron chi connectivity index (χ2n) is 14.4. The average molecular weight is 806 g/mol. The highest BCUT2D eigenvalue weighted by Crippen LogP contribution is 2.39. The van der Waals surface area contributed by atoms with Crippen LogP contribution in [0.4, 0.5) is 0 Å². The molecule has 56 heavy (non-hydrogen) atoms. The molecule has 0 spiro atoms. The van der Waals surface area contributed by atoms with Crippen molar-refractivity contribution in [2.24, 2.45) is 0 Å². The topological polar surface area (TPSA) is 64.6 Å². The molecule has 0 atom stereocenters. The zero-order chi connectivity index (χ0) is 38.6. The van der Waals surface area contributed by atoms with Crippen molar-refractivity contribution in [1.82, 2.24) is 0 Å². The molecule has 0 amide bonds. The smallest absolute Gasteiger partial charge is 0.126 e. The molecule has 1 heterocycles. The Labute approximate surface area is 343 Å². The van der Waals surface area contributed by atoms with Gasteiger partial charge in [-0.25, -0.2) is 0 Å². The van der Waals surface area contributed by atoms with Gasteiger partial charge in [-0.05, 0) is 89.5 Å². The molecular weight excluding hydrogens is 747 g/mol. The quantitative estimate of drug-likeness (QED) is 0.103. The van der Waals surface area contributed by atoms with Crippen molar-refractivity contribution >= 4 is 23.2 Å². The summed E-state index contributed by atoms with van der Waals surface area (Å²) in [6.07, 6.45) is 9.11. The van der Waals surface area contributed by atoms with Crippen molar-refractivity contribution in [1.29, 1.82) is 0 Å². The summed E-state index contributed by atoms with van der Waals surface area (Å²) in [5.41, 5.74) is 8.96. The molecule has 0 saturated heterocycles. The van der Waals surface area contributed by atoms with E-state index < -0.39 is 0 Å². The lowest BCUT2D eigenvalue weighted by atomic mass is 9.91. The molecule has 7 nitrogen and oxygen atoms in total. The van der Waals surface area contributed by atoms with E-state index in [0.717, 1.165) is 112 Å². The molecular formula is C47H58Cl2O7. The van der Waals surface area contributed by atoms with Crippen LogP contribution in [0.3, 0.4) is 0 Å². The Balaban J connectivity index is 1.47. The third-order valence-electron chi connectivity index (χ3n) is 10.2. The van der Waals surface area contributed by atoms with E-state index in [9.17, 15) is 0 Å². The number of benzene rings is 4. The van der Waals surface area contributed by atoms with Crippen LogP contribution in [-0.4, -0.2) is 77.8 Å². The van der Waals surface area contributed by atoms with Crippen LogP contribution in [0, 0.1) is 0 Å². The number of hydrogen-bond donors (Lipinski definition) is 0. The summed E-state index contributed by atoms with van der Waals surface area (Å²) in [6, 6.07) is 26.1. The lowest BCUT2D eigenvalue weighted by Crippen LogP contribution is -2.14. The van der Waals surface area contributed by atoms with Crippen LogP contribution in [0.1, 0.15) is 89.5 Å². The first-order valence-corrected chi connectivity index (χ1v) is 21.6. The first kappa shape index (κ1) is 42.2. The van der Waals surface area contributed by atoms with Gasteiger partial charge in [0, 0.05) is 44.1 Å². The maximum absolute atomic E-state index is 6.82. The minimum Gasteiger partial charge on any atom is -0.493 e. The molecule has 0 radical (unpaired) electrons. The van der Waals surface area contributed by atoms with Gasteiger partial charge < -0.3 is 33.2 Å². The Morgan fingerprint density at radius 1 is 0.393 bits per heavy atom. The summed E-state index contributed by atoms with van der Waals surface area (Å²) in [6.45, 7) is 5.51. The number of hydrogen-bond acceptors (Lipinski definition) is 7. The van der Waals surface area contributed by atoms with E-state index in [1.165, 1.54) is 0 Å². The molecule has 0 unspecified atom stereocenters. The predicted octanol–water partition coefficient (Wildman–Crippen LogP) is 10.2. The van der Waals surface area contributed by atoms with E-state index in [1.807, 2.05) is 0 Å². The Bertz CT molecular complexity index is 1570. The van der Waals surface area contributed by atoms with E-state index in [-0.39, 0.29) is 0 Å². The second kappa shape index (κ2) is 23.7. The number of ether oxygens (including phenoxy) is 7. The minimum atomic E-state index is 0.411. The first-order valence-electron chi connectivity index (χ1n) is 20.5. The molecule has 1 aliphatic carbocycles. The van der Waals surface area contributed by atoms with Crippen molar-refractivity contribution in [3.8, 4) is 23.0 Å². The van der Waals surface area contributed by atoms with Crippen LogP contribution < -0.4 is 18.9 Å². The van der Waals surface area contributed by atoms with E-state index >= 15 is 0 Å². The van der Waals surface area contributed by atoms with E-state index in [0.29, 0.717) is 104 Å². The van der Waals surface area contributed by atoms with Crippen molar-refractivity contribution < 1.29 is 33.2 Å². The van der Waals surface area contributed by atoms with Gasteiger partial charge in [-0.3, -0.25) is 0 Å². The molecule has 302 valence electrons. The van der Waals surface area contributed by atoms with Crippen LogP contribution in [0.2, 0.25) is 0 Å². The zero-order valence-corrected chi connectivity index (χ0v) is 34.3. The summed E-state index contributed by atoms with van der Waals surface area (Å²) in [5.74, 6) is 4.90. The van der Waals surface area contributed by atoms with Gasteiger partial charge in [0.25, 0.3) is 0 Å². The molecule has 6 rings (SSSR count).